The van der Waals surface area contributed by atoms with Crippen LogP contribution in [-0.4, -0.2) is 67.3 Å². The number of carbonyl (C=O) groups is 1. The number of rotatable bonds is 7. The summed E-state index contributed by atoms with van der Waals surface area (Å²) in [5.74, 6) is 1.03. The van der Waals surface area contributed by atoms with Crippen LogP contribution in [0.15, 0.2) is 40.9 Å². The van der Waals surface area contributed by atoms with Gasteiger partial charge in [-0.3, -0.25) is 14.6 Å². The van der Waals surface area contributed by atoms with Gasteiger partial charge in [0, 0.05) is 45.9 Å². The minimum absolute atomic E-state index is 0.0881. The number of hydrogen-bond donors (Lipinski definition) is 1. The van der Waals surface area contributed by atoms with E-state index < -0.39 is 0 Å². The number of nitrogens with zero attached hydrogens (tertiary/aromatic N) is 3. The Bertz CT molecular complexity index is 696. The van der Waals surface area contributed by atoms with Gasteiger partial charge in [-0.25, -0.2) is 0 Å². The third-order valence-electron chi connectivity index (χ3n) is 4.63. The Hall–Kier alpha value is -2.22. The molecule has 1 aromatic heterocycles. The Morgan fingerprint density at radius 3 is 2.62 bits per heavy atom. The molecule has 0 spiro atoms. The lowest BCUT2D eigenvalue weighted by Crippen LogP contribution is -2.50. The molecule has 1 fully saturated rings. The van der Waals surface area contributed by atoms with E-state index in [1.807, 2.05) is 30.3 Å². The van der Waals surface area contributed by atoms with Gasteiger partial charge in [-0.1, -0.05) is 35.5 Å². The van der Waals surface area contributed by atoms with E-state index in [1.54, 1.807) is 20.1 Å². The fourth-order valence-electron chi connectivity index (χ4n) is 3.25. The zero-order chi connectivity index (χ0) is 18.4. The maximum Gasteiger partial charge on any atom is 0.247 e. The van der Waals surface area contributed by atoms with Gasteiger partial charge in [0.1, 0.15) is 11.8 Å². The molecular formula is C19H26N4O3. The second-order valence-corrected chi connectivity index (χ2v) is 6.50. The Labute approximate surface area is 153 Å². The van der Waals surface area contributed by atoms with Crippen LogP contribution in [0.1, 0.15) is 17.4 Å². The van der Waals surface area contributed by atoms with Crippen molar-refractivity contribution in [3.8, 4) is 0 Å². The molecule has 1 atom stereocenters. The molecule has 7 nitrogen and oxygen atoms in total. The van der Waals surface area contributed by atoms with Crippen LogP contribution >= 0.6 is 0 Å². The van der Waals surface area contributed by atoms with Gasteiger partial charge < -0.3 is 14.6 Å². The Balaban J connectivity index is 1.71. The lowest BCUT2D eigenvalue weighted by Gasteiger charge is -2.38. The second-order valence-electron chi connectivity index (χ2n) is 6.50. The molecule has 3 rings (SSSR count). The van der Waals surface area contributed by atoms with Gasteiger partial charge in [-0.2, -0.15) is 0 Å². The van der Waals surface area contributed by atoms with Crippen molar-refractivity contribution in [3.05, 3.63) is 47.7 Å². The molecule has 1 aromatic carbocycles. The number of benzene rings is 1. The SMILES string of the molecule is COCCN1CCN(C(C(=O)Nc2cc(C)on2)c2ccccc2)CC1. The lowest BCUT2D eigenvalue weighted by molar-refractivity contribution is -0.122. The molecule has 26 heavy (non-hydrogen) atoms. The summed E-state index contributed by atoms with van der Waals surface area (Å²) < 4.78 is 10.2. The van der Waals surface area contributed by atoms with E-state index >= 15 is 0 Å². The Kier molecular flexibility index (Phi) is 6.38. The molecule has 2 aromatic rings. The highest BCUT2D eigenvalue weighted by molar-refractivity contribution is 5.94. The van der Waals surface area contributed by atoms with Crippen LogP contribution in [-0.2, 0) is 9.53 Å². The van der Waals surface area contributed by atoms with Crippen molar-refractivity contribution >= 4 is 11.7 Å². The first-order chi connectivity index (χ1) is 12.7. The quantitative estimate of drug-likeness (QED) is 0.815. The molecule has 0 radical (unpaired) electrons. The molecule has 7 heteroatoms. The van der Waals surface area contributed by atoms with Crippen LogP contribution in [0.4, 0.5) is 5.82 Å². The van der Waals surface area contributed by atoms with Gasteiger partial charge in [0.25, 0.3) is 0 Å². The summed E-state index contributed by atoms with van der Waals surface area (Å²) in [5, 5.41) is 6.76. The van der Waals surface area contributed by atoms with Crippen LogP contribution in [0.5, 0.6) is 0 Å². The summed E-state index contributed by atoms with van der Waals surface area (Å²) in [6.07, 6.45) is 0. The molecule has 140 valence electrons. The average Bonchev–Trinajstić information content (AvgIpc) is 3.07. The number of aromatic nitrogens is 1. The molecule has 0 saturated carbocycles. The minimum atomic E-state index is -0.349. The van der Waals surface area contributed by atoms with Crippen molar-refractivity contribution in [2.24, 2.45) is 0 Å². The molecule has 1 N–H and O–H groups in total. The summed E-state index contributed by atoms with van der Waals surface area (Å²) in [6, 6.07) is 11.3. The van der Waals surface area contributed by atoms with E-state index in [-0.39, 0.29) is 11.9 Å². The number of methoxy groups -OCH3 is 1. The van der Waals surface area contributed by atoms with E-state index in [4.69, 9.17) is 9.26 Å². The highest BCUT2D eigenvalue weighted by atomic mass is 16.5. The van der Waals surface area contributed by atoms with Crippen LogP contribution in [0.25, 0.3) is 0 Å². The van der Waals surface area contributed by atoms with E-state index in [1.165, 1.54) is 0 Å². The van der Waals surface area contributed by atoms with Gasteiger partial charge in [0.2, 0.25) is 5.91 Å². The summed E-state index contributed by atoms with van der Waals surface area (Å²) in [6.45, 7) is 6.95. The number of carbonyl (C=O) groups excluding carboxylic acids is 1. The Morgan fingerprint density at radius 1 is 1.27 bits per heavy atom. The van der Waals surface area contributed by atoms with E-state index in [2.05, 4.69) is 20.3 Å². The predicted octanol–water partition coefficient (Wildman–Crippen LogP) is 1.93. The lowest BCUT2D eigenvalue weighted by atomic mass is 10.0. The van der Waals surface area contributed by atoms with Crippen molar-refractivity contribution in [2.45, 2.75) is 13.0 Å². The average molecular weight is 358 g/mol. The normalized spacial score (nSPS) is 17.2. The molecule has 1 aliphatic heterocycles. The summed E-state index contributed by atoms with van der Waals surface area (Å²) >= 11 is 0. The molecule has 0 aliphatic carbocycles. The zero-order valence-corrected chi connectivity index (χ0v) is 15.4. The Morgan fingerprint density at radius 2 is 2.00 bits per heavy atom. The second kappa shape index (κ2) is 8.93. The smallest absolute Gasteiger partial charge is 0.247 e. The highest BCUT2D eigenvalue weighted by Crippen LogP contribution is 2.24. The molecule has 1 saturated heterocycles. The molecule has 1 aliphatic rings. The van der Waals surface area contributed by atoms with Crippen molar-refractivity contribution in [2.75, 3.05) is 51.8 Å². The number of aryl methyl sites for hydroxylation is 1. The van der Waals surface area contributed by atoms with Gasteiger partial charge in [-0.05, 0) is 12.5 Å². The van der Waals surface area contributed by atoms with Crippen LogP contribution in [0, 0.1) is 6.92 Å². The van der Waals surface area contributed by atoms with E-state index in [0.717, 1.165) is 44.9 Å². The third-order valence-corrected chi connectivity index (χ3v) is 4.63. The first kappa shape index (κ1) is 18.6. The van der Waals surface area contributed by atoms with Gasteiger partial charge in [0.05, 0.1) is 6.61 Å². The predicted molar refractivity (Wildman–Crippen MR) is 98.9 cm³/mol. The van der Waals surface area contributed by atoms with Crippen molar-refractivity contribution in [3.63, 3.8) is 0 Å². The molecule has 2 heterocycles. The summed E-state index contributed by atoms with van der Waals surface area (Å²) in [5.41, 5.74) is 0.982. The summed E-state index contributed by atoms with van der Waals surface area (Å²) in [7, 11) is 1.72. The molecular weight excluding hydrogens is 332 g/mol. The van der Waals surface area contributed by atoms with Gasteiger partial charge >= 0.3 is 0 Å². The number of anilines is 1. The fraction of sp³-hybridized carbons (Fsp3) is 0.474. The first-order valence-corrected chi connectivity index (χ1v) is 8.92. The first-order valence-electron chi connectivity index (χ1n) is 8.92. The summed E-state index contributed by atoms with van der Waals surface area (Å²) in [4.78, 5) is 17.6. The van der Waals surface area contributed by atoms with Crippen LogP contribution in [0.2, 0.25) is 0 Å². The molecule has 1 unspecified atom stereocenters. The minimum Gasteiger partial charge on any atom is -0.383 e. The number of amides is 1. The standard InChI is InChI=1S/C19H26N4O3/c1-15-14-17(21-26-15)20-19(24)18(16-6-4-3-5-7-16)23-10-8-22(9-11-23)12-13-25-2/h3-7,14,18H,8-13H2,1-2H3,(H,20,21,24). The van der Waals surface area contributed by atoms with Gasteiger partial charge in [0.15, 0.2) is 5.82 Å². The number of ether oxygens (including phenoxy) is 1. The molecule has 1 amide bonds. The maximum absolute atomic E-state index is 13.0. The van der Waals surface area contributed by atoms with E-state index in [9.17, 15) is 4.79 Å². The van der Waals surface area contributed by atoms with Gasteiger partial charge in [-0.15, -0.1) is 0 Å². The molecule has 0 bridgehead atoms. The maximum atomic E-state index is 13.0. The monoisotopic (exact) mass is 358 g/mol. The van der Waals surface area contributed by atoms with Crippen molar-refractivity contribution in [1.29, 1.82) is 0 Å². The van der Waals surface area contributed by atoms with Crippen molar-refractivity contribution in [1.82, 2.24) is 15.0 Å². The van der Waals surface area contributed by atoms with Crippen LogP contribution in [0.3, 0.4) is 0 Å². The zero-order valence-electron chi connectivity index (χ0n) is 15.4. The van der Waals surface area contributed by atoms with Crippen LogP contribution < -0.4 is 5.32 Å². The van der Waals surface area contributed by atoms with E-state index in [0.29, 0.717) is 11.6 Å². The van der Waals surface area contributed by atoms with Crippen molar-refractivity contribution < 1.29 is 14.1 Å². The number of hydrogen-bond acceptors (Lipinski definition) is 6. The number of nitrogens with one attached hydrogen (secondary N) is 1. The largest absolute Gasteiger partial charge is 0.383 e. The fourth-order valence-corrected chi connectivity index (χ4v) is 3.25. The number of piperazine rings is 1. The highest BCUT2D eigenvalue weighted by Gasteiger charge is 2.30. The third kappa shape index (κ3) is 4.69. The topological polar surface area (TPSA) is 70.8 Å².